The van der Waals surface area contributed by atoms with Crippen LogP contribution in [0.2, 0.25) is 0 Å². The number of hydrogen-bond donors (Lipinski definition) is 1. The van der Waals surface area contributed by atoms with Crippen molar-refractivity contribution in [1.29, 1.82) is 0 Å². The number of ether oxygens (including phenoxy) is 1. The van der Waals surface area contributed by atoms with E-state index < -0.39 is 0 Å². The van der Waals surface area contributed by atoms with Crippen molar-refractivity contribution < 1.29 is 4.74 Å². The lowest BCUT2D eigenvalue weighted by molar-refractivity contribution is -0.0212. The van der Waals surface area contributed by atoms with Crippen LogP contribution in [0.15, 0.2) is 30.3 Å². The van der Waals surface area contributed by atoms with E-state index in [0.29, 0.717) is 12.5 Å². The van der Waals surface area contributed by atoms with Gasteiger partial charge in [-0.25, -0.2) is 0 Å². The van der Waals surface area contributed by atoms with Crippen LogP contribution in [0.1, 0.15) is 31.7 Å². The molecule has 2 N–H and O–H groups in total. The van der Waals surface area contributed by atoms with Crippen LogP contribution in [0.5, 0.6) is 0 Å². The summed E-state index contributed by atoms with van der Waals surface area (Å²) in [6.07, 6.45) is 1.35. The number of rotatable bonds is 5. The first kappa shape index (κ1) is 14.5. The molecule has 19 heavy (non-hydrogen) atoms. The molecule has 1 aliphatic heterocycles. The van der Waals surface area contributed by atoms with Gasteiger partial charge < -0.3 is 10.5 Å². The van der Waals surface area contributed by atoms with Gasteiger partial charge in [0.2, 0.25) is 0 Å². The summed E-state index contributed by atoms with van der Waals surface area (Å²) in [5, 5.41) is 0. The fraction of sp³-hybridized carbons (Fsp3) is 0.625. The van der Waals surface area contributed by atoms with Gasteiger partial charge in [-0.3, -0.25) is 4.90 Å². The summed E-state index contributed by atoms with van der Waals surface area (Å²) in [6.45, 7) is 7.13. The van der Waals surface area contributed by atoms with Gasteiger partial charge in [0.25, 0.3) is 0 Å². The molecule has 1 heterocycles. The lowest BCUT2D eigenvalue weighted by atomic mass is 9.93. The highest BCUT2D eigenvalue weighted by Crippen LogP contribution is 2.33. The van der Waals surface area contributed by atoms with Gasteiger partial charge in [-0.2, -0.15) is 0 Å². The van der Waals surface area contributed by atoms with Crippen LogP contribution in [-0.2, 0) is 4.74 Å². The van der Waals surface area contributed by atoms with Crippen LogP contribution in [0.3, 0.4) is 0 Å². The molecule has 3 unspecified atom stereocenters. The van der Waals surface area contributed by atoms with Crippen LogP contribution in [0, 0.1) is 0 Å². The number of likely N-dealkylation sites (tertiary alicyclic amines) is 1. The third kappa shape index (κ3) is 2.83. The molecule has 106 valence electrons. The minimum atomic E-state index is -0.0712. The summed E-state index contributed by atoms with van der Waals surface area (Å²) < 4.78 is 5.54. The van der Waals surface area contributed by atoms with Gasteiger partial charge >= 0.3 is 0 Å². The maximum absolute atomic E-state index is 6.03. The van der Waals surface area contributed by atoms with Crippen molar-refractivity contribution in [2.24, 2.45) is 5.73 Å². The molecule has 1 saturated heterocycles. The summed E-state index contributed by atoms with van der Waals surface area (Å²) in [5.41, 5.74) is 7.39. The molecule has 0 aliphatic carbocycles. The molecule has 0 saturated carbocycles. The lowest BCUT2D eigenvalue weighted by Gasteiger charge is -2.42. The molecule has 3 heteroatoms. The van der Waals surface area contributed by atoms with Gasteiger partial charge in [0, 0.05) is 20.2 Å². The standard InChI is InChI=1S/C16H26N2O/c1-13(19-3)16(2,12-17)18-10-9-15(11-18)14-7-5-4-6-8-14/h4-8,13,15H,9-12,17H2,1-3H3. The number of hydrogen-bond acceptors (Lipinski definition) is 3. The average Bonchev–Trinajstić information content (AvgIpc) is 2.96. The Hall–Kier alpha value is -0.900. The van der Waals surface area contributed by atoms with Gasteiger partial charge in [-0.15, -0.1) is 0 Å². The second-order valence-electron chi connectivity index (χ2n) is 5.78. The van der Waals surface area contributed by atoms with Gasteiger partial charge in [0.15, 0.2) is 0 Å². The Morgan fingerprint density at radius 1 is 1.42 bits per heavy atom. The Morgan fingerprint density at radius 2 is 2.11 bits per heavy atom. The summed E-state index contributed by atoms with van der Waals surface area (Å²) in [4.78, 5) is 2.50. The highest BCUT2D eigenvalue weighted by molar-refractivity contribution is 5.21. The topological polar surface area (TPSA) is 38.5 Å². The first-order chi connectivity index (χ1) is 9.11. The Balaban J connectivity index is 2.09. The second kappa shape index (κ2) is 6.04. The molecular formula is C16H26N2O. The molecule has 1 fully saturated rings. The van der Waals surface area contributed by atoms with E-state index in [-0.39, 0.29) is 11.6 Å². The van der Waals surface area contributed by atoms with Crippen LogP contribution in [0.25, 0.3) is 0 Å². The van der Waals surface area contributed by atoms with Crippen LogP contribution < -0.4 is 5.73 Å². The molecule has 3 atom stereocenters. The fourth-order valence-electron chi connectivity index (χ4n) is 3.03. The maximum atomic E-state index is 6.03. The Labute approximate surface area is 116 Å². The number of nitrogens with two attached hydrogens (primary N) is 1. The van der Waals surface area contributed by atoms with Gasteiger partial charge in [-0.05, 0) is 38.3 Å². The van der Waals surface area contributed by atoms with Crippen molar-refractivity contribution in [3.8, 4) is 0 Å². The highest BCUT2D eigenvalue weighted by atomic mass is 16.5. The van der Waals surface area contributed by atoms with E-state index in [1.807, 2.05) is 0 Å². The van der Waals surface area contributed by atoms with E-state index >= 15 is 0 Å². The third-order valence-electron chi connectivity index (χ3n) is 4.82. The first-order valence-corrected chi connectivity index (χ1v) is 7.14. The van der Waals surface area contributed by atoms with E-state index in [4.69, 9.17) is 10.5 Å². The number of nitrogens with zero attached hydrogens (tertiary/aromatic N) is 1. The van der Waals surface area contributed by atoms with Gasteiger partial charge in [0.1, 0.15) is 0 Å². The predicted octanol–water partition coefficient (Wildman–Crippen LogP) is 2.23. The number of benzene rings is 1. The van der Waals surface area contributed by atoms with E-state index in [1.54, 1.807) is 7.11 Å². The zero-order valence-electron chi connectivity index (χ0n) is 12.3. The molecule has 1 aromatic rings. The first-order valence-electron chi connectivity index (χ1n) is 7.14. The van der Waals surface area contributed by atoms with Crippen molar-refractivity contribution in [3.05, 3.63) is 35.9 Å². The van der Waals surface area contributed by atoms with Crippen molar-refractivity contribution >= 4 is 0 Å². The van der Waals surface area contributed by atoms with Crippen molar-refractivity contribution in [1.82, 2.24) is 4.90 Å². The van der Waals surface area contributed by atoms with E-state index in [1.165, 1.54) is 12.0 Å². The molecule has 0 spiro atoms. The Morgan fingerprint density at radius 3 is 2.68 bits per heavy atom. The summed E-state index contributed by atoms with van der Waals surface area (Å²) in [7, 11) is 1.77. The van der Waals surface area contributed by atoms with Gasteiger partial charge in [-0.1, -0.05) is 30.3 Å². The zero-order chi connectivity index (χ0) is 13.9. The fourth-order valence-corrected chi connectivity index (χ4v) is 3.03. The smallest absolute Gasteiger partial charge is 0.0736 e. The third-order valence-corrected chi connectivity index (χ3v) is 4.82. The van der Waals surface area contributed by atoms with Crippen LogP contribution in [0.4, 0.5) is 0 Å². The van der Waals surface area contributed by atoms with Crippen LogP contribution >= 0.6 is 0 Å². The highest BCUT2D eigenvalue weighted by Gasteiger charge is 2.40. The number of methoxy groups -OCH3 is 1. The maximum Gasteiger partial charge on any atom is 0.0736 e. The van der Waals surface area contributed by atoms with Crippen molar-refractivity contribution in [2.75, 3.05) is 26.7 Å². The predicted molar refractivity (Wildman–Crippen MR) is 79.3 cm³/mol. The van der Waals surface area contributed by atoms with Crippen LogP contribution in [-0.4, -0.2) is 43.3 Å². The molecule has 1 aromatic carbocycles. The average molecular weight is 262 g/mol. The quantitative estimate of drug-likeness (QED) is 0.884. The molecule has 3 nitrogen and oxygen atoms in total. The normalized spacial score (nSPS) is 25.2. The zero-order valence-corrected chi connectivity index (χ0v) is 12.3. The minimum absolute atomic E-state index is 0.0712. The molecule has 0 aromatic heterocycles. The Kier molecular flexibility index (Phi) is 4.61. The van der Waals surface area contributed by atoms with E-state index in [0.717, 1.165) is 13.1 Å². The van der Waals surface area contributed by atoms with Gasteiger partial charge in [0.05, 0.1) is 11.6 Å². The molecule has 1 aliphatic rings. The Bertz CT molecular complexity index is 395. The second-order valence-corrected chi connectivity index (χ2v) is 5.78. The van der Waals surface area contributed by atoms with E-state index in [9.17, 15) is 0 Å². The molecule has 0 radical (unpaired) electrons. The minimum Gasteiger partial charge on any atom is -0.380 e. The molecular weight excluding hydrogens is 236 g/mol. The summed E-state index contributed by atoms with van der Waals surface area (Å²) >= 11 is 0. The van der Waals surface area contributed by atoms with Crippen molar-refractivity contribution in [2.45, 2.75) is 37.8 Å². The van der Waals surface area contributed by atoms with E-state index in [2.05, 4.69) is 49.1 Å². The molecule has 2 rings (SSSR count). The molecule has 0 bridgehead atoms. The summed E-state index contributed by atoms with van der Waals surface area (Å²) in [6, 6.07) is 10.8. The SMILES string of the molecule is COC(C)C(C)(CN)N1CCC(c2ccccc2)C1. The monoisotopic (exact) mass is 262 g/mol. The largest absolute Gasteiger partial charge is 0.380 e. The summed E-state index contributed by atoms with van der Waals surface area (Å²) in [5.74, 6) is 0.621. The van der Waals surface area contributed by atoms with Crippen molar-refractivity contribution in [3.63, 3.8) is 0 Å². The molecule has 0 amide bonds. The lowest BCUT2D eigenvalue weighted by Crippen LogP contribution is -2.58.